The molecule has 0 amide bonds. The van der Waals surface area contributed by atoms with Crippen molar-refractivity contribution in [3.8, 4) is 11.5 Å². The van der Waals surface area contributed by atoms with Crippen molar-refractivity contribution in [1.29, 1.82) is 0 Å². The Hall–Kier alpha value is -1.35. The lowest BCUT2D eigenvalue weighted by molar-refractivity contribution is 0.395. The van der Waals surface area contributed by atoms with Crippen molar-refractivity contribution in [1.82, 2.24) is 0 Å². The van der Waals surface area contributed by atoms with Gasteiger partial charge >= 0.3 is 0 Å². The van der Waals surface area contributed by atoms with Gasteiger partial charge in [-0.15, -0.1) is 0 Å². The van der Waals surface area contributed by atoms with Crippen molar-refractivity contribution in [3.63, 3.8) is 0 Å². The van der Waals surface area contributed by atoms with Crippen LogP contribution in [0.15, 0.2) is 24.3 Å². The predicted molar refractivity (Wildman–Crippen MR) is 67.9 cm³/mol. The molecule has 0 saturated carbocycles. The summed E-state index contributed by atoms with van der Waals surface area (Å²) in [6.45, 7) is 6.45. The highest BCUT2D eigenvalue weighted by Gasteiger charge is 2.09. The lowest BCUT2D eigenvalue weighted by Crippen LogP contribution is -2.04. The van der Waals surface area contributed by atoms with Gasteiger partial charge in [0.25, 0.3) is 0 Å². The van der Waals surface area contributed by atoms with Crippen molar-refractivity contribution in [2.45, 2.75) is 6.92 Å². The van der Waals surface area contributed by atoms with Gasteiger partial charge in [-0.05, 0) is 13.0 Å². The molecule has 0 atom stereocenters. The molecule has 0 unspecified atom stereocenters. The zero-order chi connectivity index (χ0) is 12.1. The van der Waals surface area contributed by atoms with E-state index in [0.717, 1.165) is 11.3 Å². The number of methoxy groups -OCH3 is 2. The lowest BCUT2D eigenvalue weighted by Gasteiger charge is -2.13. The molecule has 3 nitrogen and oxygen atoms in total. The molecular formula is C12H16ClNO2. The Morgan fingerprint density at radius 3 is 2.44 bits per heavy atom. The number of hydrogen-bond donors (Lipinski definition) is 1. The fourth-order valence-electron chi connectivity index (χ4n) is 1.24. The Labute approximate surface area is 101 Å². The highest BCUT2D eigenvalue weighted by molar-refractivity contribution is 6.32. The van der Waals surface area contributed by atoms with E-state index in [4.69, 9.17) is 21.1 Å². The summed E-state index contributed by atoms with van der Waals surface area (Å²) in [7, 11) is 3.18. The Bertz CT molecular complexity index is 391. The predicted octanol–water partition coefficient (Wildman–Crippen LogP) is 3.35. The third-order valence-corrected chi connectivity index (χ3v) is 2.35. The third-order valence-electron chi connectivity index (χ3n) is 2.05. The highest BCUT2D eigenvalue weighted by Crippen LogP contribution is 2.35. The number of halogens is 1. The molecular weight excluding hydrogens is 226 g/mol. The molecule has 16 heavy (non-hydrogen) atoms. The molecule has 0 heterocycles. The van der Waals surface area contributed by atoms with Gasteiger partial charge in [0, 0.05) is 12.6 Å². The second-order valence-electron chi connectivity index (χ2n) is 3.50. The summed E-state index contributed by atoms with van der Waals surface area (Å²) >= 11 is 6.03. The molecule has 0 aromatic heterocycles. The Morgan fingerprint density at radius 1 is 1.31 bits per heavy atom. The van der Waals surface area contributed by atoms with Crippen LogP contribution < -0.4 is 14.8 Å². The van der Waals surface area contributed by atoms with Crippen molar-refractivity contribution in [3.05, 3.63) is 29.3 Å². The van der Waals surface area contributed by atoms with E-state index in [0.29, 0.717) is 23.1 Å². The number of nitrogens with one attached hydrogen (secondary N) is 1. The van der Waals surface area contributed by atoms with E-state index in [1.54, 1.807) is 26.4 Å². The van der Waals surface area contributed by atoms with E-state index in [-0.39, 0.29) is 0 Å². The molecule has 0 bridgehead atoms. The molecule has 1 rings (SSSR count). The van der Waals surface area contributed by atoms with Crippen LogP contribution in [0.4, 0.5) is 5.69 Å². The zero-order valence-electron chi connectivity index (χ0n) is 9.76. The van der Waals surface area contributed by atoms with E-state index in [1.807, 2.05) is 6.92 Å². The largest absolute Gasteiger partial charge is 0.495 e. The molecule has 1 aromatic carbocycles. The van der Waals surface area contributed by atoms with Gasteiger partial charge in [-0.2, -0.15) is 0 Å². The van der Waals surface area contributed by atoms with E-state index >= 15 is 0 Å². The van der Waals surface area contributed by atoms with Gasteiger partial charge in [0.1, 0.15) is 11.5 Å². The molecule has 0 spiro atoms. The van der Waals surface area contributed by atoms with Gasteiger partial charge in [-0.3, -0.25) is 0 Å². The average molecular weight is 242 g/mol. The molecule has 0 aliphatic heterocycles. The number of hydrogen-bond acceptors (Lipinski definition) is 3. The lowest BCUT2D eigenvalue weighted by atomic mass is 10.2. The van der Waals surface area contributed by atoms with Crippen molar-refractivity contribution >= 4 is 17.3 Å². The van der Waals surface area contributed by atoms with Crippen molar-refractivity contribution in [2.24, 2.45) is 0 Å². The molecule has 0 aliphatic carbocycles. The fourth-order valence-corrected chi connectivity index (χ4v) is 1.49. The minimum atomic E-state index is 0.549. The van der Waals surface area contributed by atoms with E-state index < -0.39 is 0 Å². The minimum Gasteiger partial charge on any atom is -0.495 e. The van der Waals surface area contributed by atoms with Gasteiger partial charge in [0.2, 0.25) is 0 Å². The maximum atomic E-state index is 6.03. The van der Waals surface area contributed by atoms with Gasteiger partial charge in [0.05, 0.1) is 24.9 Å². The van der Waals surface area contributed by atoms with Crippen LogP contribution in [-0.4, -0.2) is 20.8 Å². The summed E-state index contributed by atoms with van der Waals surface area (Å²) < 4.78 is 10.4. The van der Waals surface area contributed by atoms with Crippen LogP contribution in [-0.2, 0) is 0 Å². The fraction of sp³-hybridized carbons (Fsp3) is 0.333. The summed E-state index contributed by atoms with van der Waals surface area (Å²) in [5, 5.41) is 3.74. The molecule has 88 valence electrons. The first-order valence-corrected chi connectivity index (χ1v) is 5.26. The Morgan fingerprint density at radius 2 is 1.94 bits per heavy atom. The van der Waals surface area contributed by atoms with Gasteiger partial charge in [0.15, 0.2) is 0 Å². The van der Waals surface area contributed by atoms with Crippen molar-refractivity contribution in [2.75, 3.05) is 26.1 Å². The normalized spacial score (nSPS) is 9.75. The SMILES string of the molecule is C=C(C)CNc1cc(Cl)c(OC)cc1OC. The van der Waals surface area contributed by atoms with Crippen LogP contribution in [0.5, 0.6) is 11.5 Å². The molecule has 0 radical (unpaired) electrons. The number of ether oxygens (including phenoxy) is 2. The van der Waals surface area contributed by atoms with Crippen LogP contribution >= 0.6 is 11.6 Å². The third kappa shape index (κ3) is 3.07. The van der Waals surface area contributed by atoms with E-state index in [1.165, 1.54) is 0 Å². The second-order valence-corrected chi connectivity index (χ2v) is 3.90. The van der Waals surface area contributed by atoms with Crippen LogP contribution in [0, 0.1) is 0 Å². The first-order chi connectivity index (χ1) is 7.58. The minimum absolute atomic E-state index is 0.549. The van der Waals surface area contributed by atoms with E-state index in [9.17, 15) is 0 Å². The molecule has 0 aliphatic rings. The number of benzene rings is 1. The quantitative estimate of drug-likeness (QED) is 0.802. The van der Waals surface area contributed by atoms with Crippen LogP contribution in [0.1, 0.15) is 6.92 Å². The standard InChI is InChI=1S/C12H16ClNO2/c1-8(2)7-14-10-5-9(13)11(15-3)6-12(10)16-4/h5-6,14H,1,7H2,2-4H3. The summed E-state index contributed by atoms with van der Waals surface area (Å²) in [5.74, 6) is 1.29. The maximum Gasteiger partial charge on any atom is 0.145 e. The summed E-state index contributed by atoms with van der Waals surface area (Å²) in [4.78, 5) is 0. The van der Waals surface area contributed by atoms with Crippen LogP contribution in [0.3, 0.4) is 0 Å². The Kier molecular flexibility index (Phi) is 4.50. The molecule has 1 N–H and O–H groups in total. The summed E-state index contributed by atoms with van der Waals surface area (Å²) in [6, 6.07) is 3.53. The van der Waals surface area contributed by atoms with Gasteiger partial charge < -0.3 is 14.8 Å². The first-order valence-electron chi connectivity index (χ1n) is 4.88. The van der Waals surface area contributed by atoms with E-state index in [2.05, 4.69) is 11.9 Å². The second kappa shape index (κ2) is 5.66. The molecule has 0 fully saturated rings. The molecule has 0 saturated heterocycles. The summed E-state index contributed by atoms with van der Waals surface area (Å²) in [5.41, 5.74) is 1.87. The van der Waals surface area contributed by atoms with Crippen LogP contribution in [0.25, 0.3) is 0 Å². The topological polar surface area (TPSA) is 30.5 Å². The Balaban J connectivity index is 2.98. The van der Waals surface area contributed by atoms with Gasteiger partial charge in [-0.1, -0.05) is 23.8 Å². The number of anilines is 1. The monoisotopic (exact) mass is 241 g/mol. The molecule has 4 heteroatoms. The van der Waals surface area contributed by atoms with Crippen molar-refractivity contribution < 1.29 is 9.47 Å². The maximum absolute atomic E-state index is 6.03. The molecule has 1 aromatic rings. The zero-order valence-corrected chi connectivity index (χ0v) is 10.5. The highest BCUT2D eigenvalue weighted by atomic mass is 35.5. The smallest absolute Gasteiger partial charge is 0.145 e. The average Bonchev–Trinajstić information content (AvgIpc) is 2.26. The first kappa shape index (κ1) is 12.7. The summed E-state index contributed by atoms with van der Waals surface area (Å²) in [6.07, 6.45) is 0. The number of rotatable bonds is 5. The van der Waals surface area contributed by atoms with Crippen LogP contribution in [0.2, 0.25) is 5.02 Å². The van der Waals surface area contributed by atoms with Gasteiger partial charge in [-0.25, -0.2) is 0 Å².